The third-order valence-corrected chi connectivity index (χ3v) is 4.83. The Morgan fingerprint density at radius 3 is 2.43 bits per heavy atom. The van der Waals surface area contributed by atoms with Gasteiger partial charge in [0.25, 0.3) is 0 Å². The smallest absolute Gasteiger partial charge is 0.191 e. The molecule has 1 heterocycles. The second-order valence-electron chi connectivity index (χ2n) is 5.75. The Bertz CT molecular complexity index is 467. The highest BCUT2D eigenvalue weighted by Crippen LogP contribution is 2.19. The van der Waals surface area contributed by atoms with Gasteiger partial charge in [-0.1, -0.05) is 19.0 Å². The molecule has 0 fully saturated rings. The molecule has 0 unspecified atom stereocenters. The van der Waals surface area contributed by atoms with E-state index in [1.165, 1.54) is 0 Å². The molecule has 0 aromatic carbocycles. The van der Waals surface area contributed by atoms with Gasteiger partial charge in [0, 0.05) is 29.8 Å². The van der Waals surface area contributed by atoms with Gasteiger partial charge in [-0.3, -0.25) is 0 Å². The zero-order chi connectivity index (χ0) is 16.6. The van der Waals surface area contributed by atoms with Gasteiger partial charge in [0.1, 0.15) is 5.76 Å². The van der Waals surface area contributed by atoms with Gasteiger partial charge in [0.05, 0.1) is 12.2 Å². The first-order valence-corrected chi connectivity index (χ1v) is 9.23. The normalized spacial score (nSPS) is 12.0. The number of aromatic nitrogens is 1. The van der Waals surface area contributed by atoms with Gasteiger partial charge in [-0.2, -0.15) is 11.8 Å². The molecule has 1 aromatic heterocycles. The predicted octanol–water partition coefficient (Wildman–Crippen LogP) is 3.61. The van der Waals surface area contributed by atoms with Crippen LogP contribution in [-0.4, -0.2) is 35.2 Å². The summed E-state index contributed by atoms with van der Waals surface area (Å²) in [5, 5.41) is 10.9. The summed E-state index contributed by atoms with van der Waals surface area (Å²) in [7, 11) is 0. The maximum absolute atomic E-state index is 5.40. The van der Waals surface area contributed by atoms with Gasteiger partial charge in [-0.05, 0) is 33.4 Å². The van der Waals surface area contributed by atoms with Crippen LogP contribution in [0.2, 0.25) is 0 Å². The summed E-state index contributed by atoms with van der Waals surface area (Å²) in [6, 6.07) is 0. The molecule has 0 spiro atoms. The maximum atomic E-state index is 5.40. The fourth-order valence-electron chi connectivity index (χ4n) is 1.99. The Balaban J connectivity index is 0.00000484. The molecule has 0 radical (unpaired) electrons. The van der Waals surface area contributed by atoms with Gasteiger partial charge in [-0.25, -0.2) is 4.99 Å². The van der Waals surface area contributed by atoms with Gasteiger partial charge in [0.15, 0.2) is 5.96 Å². The van der Waals surface area contributed by atoms with Crippen LogP contribution in [0.3, 0.4) is 0 Å². The highest BCUT2D eigenvalue weighted by atomic mass is 127. The molecule has 5 nitrogen and oxygen atoms in total. The highest BCUT2D eigenvalue weighted by molar-refractivity contribution is 14.0. The standard InChI is InChI=1S/C16H30N4OS.HI/c1-7-13-12(14(8-2)21-20-13)10-18-15(17-9-3)19-11-16(4,5)22-6;/h7-11H2,1-6H3,(H2,17,18,19);1H. The molecule has 2 N–H and O–H groups in total. The predicted molar refractivity (Wildman–Crippen MR) is 111 cm³/mol. The minimum absolute atomic E-state index is 0. The number of hydrogen-bond acceptors (Lipinski definition) is 4. The summed E-state index contributed by atoms with van der Waals surface area (Å²) in [6.45, 7) is 13.0. The Morgan fingerprint density at radius 1 is 1.22 bits per heavy atom. The van der Waals surface area contributed by atoms with E-state index in [2.05, 4.69) is 56.7 Å². The molecule has 1 rings (SSSR count). The first-order chi connectivity index (χ1) is 10.5. The van der Waals surface area contributed by atoms with Crippen molar-refractivity contribution in [3.63, 3.8) is 0 Å². The molecule has 0 aliphatic heterocycles. The lowest BCUT2D eigenvalue weighted by atomic mass is 10.1. The first-order valence-electron chi connectivity index (χ1n) is 8.01. The number of nitrogens with zero attached hydrogens (tertiary/aromatic N) is 2. The Kier molecular flexibility index (Phi) is 11.0. The summed E-state index contributed by atoms with van der Waals surface area (Å²) in [6.07, 6.45) is 3.85. The molecule has 0 atom stereocenters. The second-order valence-corrected chi connectivity index (χ2v) is 7.26. The van der Waals surface area contributed by atoms with E-state index in [0.29, 0.717) is 6.54 Å². The second kappa shape index (κ2) is 11.2. The average molecular weight is 454 g/mol. The lowest BCUT2D eigenvalue weighted by Crippen LogP contribution is -2.43. The number of nitrogens with one attached hydrogen (secondary N) is 2. The van der Waals surface area contributed by atoms with Crippen LogP contribution in [0, 0.1) is 0 Å². The van der Waals surface area contributed by atoms with Crippen LogP contribution in [0.5, 0.6) is 0 Å². The Labute approximate surface area is 161 Å². The Morgan fingerprint density at radius 2 is 1.91 bits per heavy atom. The number of aryl methyl sites for hydroxylation is 2. The van der Waals surface area contributed by atoms with Crippen molar-refractivity contribution in [2.45, 2.75) is 58.8 Å². The number of rotatable bonds is 8. The van der Waals surface area contributed by atoms with Crippen molar-refractivity contribution in [1.82, 2.24) is 15.8 Å². The molecule has 0 saturated carbocycles. The van der Waals surface area contributed by atoms with Gasteiger partial charge in [0.2, 0.25) is 0 Å². The van der Waals surface area contributed by atoms with Crippen molar-refractivity contribution in [2.24, 2.45) is 4.99 Å². The minimum atomic E-state index is 0. The van der Waals surface area contributed by atoms with Crippen LogP contribution in [0.1, 0.15) is 51.6 Å². The minimum Gasteiger partial charge on any atom is -0.361 e. The third kappa shape index (κ3) is 7.32. The van der Waals surface area contributed by atoms with Crippen LogP contribution in [0.4, 0.5) is 0 Å². The fraction of sp³-hybridized carbons (Fsp3) is 0.750. The highest BCUT2D eigenvalue weighted by Gasteiger charge is 2.17. The van der Waals surface area contributed by atoms with Gasteiger partial charge >= 0.3 is 0 Å². The van der Waals surface area contributed by atoms with E-state index in [9.17, 15) is 0 Å². The van der Waals surface area contributed by atoms with E-state index in [0.717, 1.165) is 48.9 Å². The third-order valence-electron chi connectivity index (χ3n) is 3.58. The lowest BCUT2D eigenvalue weighted by Gasteiger charge is -2.23. The summed E-state index contributed by atoms with van der Waals surface area (Å²) in [4.78, 5) is 4.70. The molecule has 7 heteroatoms. The van der Waals surface area contributed by atoms with E-state index in [1.54, 1.807) is 0 Å². The Hall–Kier alpha value is -0.440. The number of halogens is 1. The summed E-state index contributed by atoms with van der Waals surface area (Å²) in [5.74, 6) is 1.79. The zero-order valence-corrected chi connectivity index (χ0v) is 18.3. The molecule has 1 aromatic rings. The largest absolute Gasteiger partial charge is 0.361 e. The number of aliphatic imine (C=N–C) groups is 1. The van der Waals surface area contributed by atoms with E-state index in [4.69, 9.17) is 9.52 Å². The summed E-state index contributed by atoms with van der Waals surface area (Å²) in [5.41, 5.74) is 2.15. The number of hydrogen-bond donors (Lipinski definition) is 2. The van der Waals surface area contributed by atoms with E-state index >= 15 is 0 Å². The van der Waals surface area contributed by atoms with E-state index in [1.807, 2.05) is 11.8 Å². The van der Waals surface area contributed by atoms with Crippen molar-refractivity contribution in [3.05, 3.63) is 17.0 Å². The number of thioether (sulfide) groups is 1. The molecule has 0 aliphatic rings. The van der Waals surface area contributed by atoms with Crippen molar-refractivity contribution < 1.29 is 4.52 Å². The maximum Gasteiger partial charge on any atom is 0.191 e. The molecular formula is C16H31IN4OS. The van der Waals surface area contributed by atoms with Crippen LogP contribution in [-0.2, 0) is 19.4 Å². The molecule has 0 bridgehead atoms. The lowest BCUT2D eigenvalue weighted by molar-refractivity contribution is 0.380. The topological polar surface area (TPSA) is 62.5 Å². The summed E-state index contributed by atoms with van der Waals surface area (Å²) < 4.78 is 5.57. The molecule has 0 aliphatic carbocycles. The van der Waals surface area contributed by atoms with Gasteiger partial charge in [-0.15, -0.1) is 24.0 Å². The molecule has 23 heavy (non-hydrogen) atoms. The SMILES string of the molecule is CCNC(=NCc1c(CC)noc1CC)NCC(C)(C)SC.I. The van der Waals surface area contributed by atoms with Crippen molar-refractivity contribution in [1.29, 1.82) is 0 Å². The fourth-order valence-corrected chi connectivity index (χ4v) is 2.20. The number of guanidine groups is 1. The average Bonchev–Trinajstić information content (AvgIpc) is 2.92. The molecule has 0 saturated heterocycles. The molecular weight excluding hydrogens is 423 g/mol. The monoisotopic (exact) mass is 454 g/mol. The van der Waals surface area contributed by atoms with Gasteiger partial charge < -0.3 is 15.2 Å². The molecule has 134 valence electrons. The van der Waals surface area contributed by atoms with Crippen molar-refractivity contribution in [3.8, 4) is 0 Å². The van der Waals surface area contributed by atoms with Crippen LogP contribution in [0.15, 0.2) is 9.52 Å². The zero-order valence-electron chi connectivity index (χ0n) is 15.2. The quantitative estimate of drug-likeness (QED) is 0.357. The van der Waals surface area contributed by atoms with Crippen LogP contribution in [0.25, 0.3) is 0 Å². The first kappa shape index (κ1) is 22.6. The van der Waals surface area contributed by atoms with Crippen LogP contribution >= 0.6 is 35.7 Å². The summed E-state index contributed by atoms with van der Waals surface area (Å²) >= 11 is 1.84. The van der Waals surface area contributed by atoms with Crippen LogP contribution < -0.4 is 10.6 Å². The van der Waals surface area contributed by atoms with E-state index in [-0.39, 0.29) is 28.7 Å². The molecule has 0 amide bonds. The van der Waals surface area contributed by atoms with E-state index < -0.39 is 0 Å². The van der Waals surface area contributed by atoms with Crippen molar-refractivity contribution in [2.75, 3.05) is 19.3 Å². The van der Waals surface area contributed by atoms with Crippen molar-refractivity contribution >= 4 is 41.7 Å².